The first-order valence-electron chi connectivity index (χ1n) is 7.76. The number of hydrogen-bond acceptors (Lipinski definition) is 3. The largest absolute Gasteiger partial charge is 0.481 e. The molecule has 3 N–H and O–H groups in total. The van der Waals surface area contributed by atoms with E-state index in [1.54, 1.807) is 0 Å². The van der Waals surface area contributed by atoms with E-state index in [0.29, 0.717) is 6.42 Å². The van der Waals surface area contributed by atoms with Crippen LogP contribution < -0.4 is 5.73 Å². The van der Waals surface area contributed by atoms with Crippen molar-refractivity contribution in [3.8, 4) is 0 Å². The van der Waals surface area contributed by atoms with E-state index in [-0.39, 0.29) is 36.4 Å². The Morgan fingerprint density at radius 3 is 2.40 bits per heavy atom. The van der Waals surface area contributed by atoms with Gasteiger partial charge in [-0.3, -0.25) is 9.59 Å². The van der Waals surface area contributed by atoms with E-state index < -0.39 is 5.97 Å². The normalized spacial score (nSPS) is 30.3. The fourth-order valence-electron chi connectivity index (χ4n) is 3.81. The second kappa shape index (κ2) is 6.57. The molecule has 2 fully saturated rings. The van der Waals surface area contributed by atoms with Gasteiger partial charge >= 0.3 is 5.97 Å². The van der Waals surface area contributed by atoms with Crippen molar-refractivity contribution >= 4 is 11.9 Å². The summed E-state index contributed by atoms with van der Waals surface area (Å²) in [5.74, 6) is -0.226. The summed E-state index contributed by atoms with van der Waals surface area (Å²) in [6.07, 6.45) is 6.38. The van der Waals surface area contributed by atoms with Gasteiger partial charge in [0, 0.05) is 31.0 Å². The fourth-order valence-corrected chi connectivity index (χ4v) is 3.81. The van der Waals surface area contributed by atoms with Crippen molar-refractivity contribution in [2.24, 2.45) is 11.7 Å². The van der Waals surface area contributed by atoms with Gasteiger partial charge in [-0.2, -0.15) is 0 Å². The topological polar surface area (TPSA) is 83.6 Å². The Morgan fingerprint density at radius 2 is 1.90 bits per heavy atom. The zero-order chi connectivity index (χ0) is 14.7. The fraction of sp³-hybridized carbons (Fsp3) is 0.867. The number of fused-ring (bicyclic) bond motifs is 2. The lowest BCUT2D eigenvalue weighted by Gasteiger charge is -2.38. The quantitative estimate of drug-likeness (QED) is 0.777. The zero-order valence-corrected chi connectivity index (χ0v) is 12.3. The van der Waals surface area contributed by atoms with Crippen LogP contribution in [-0.4, -0.2) is 40.0 Å². The number of amides is 1. The van der Waals surface area contributed by atoms with Crippen LogP contribution >= 0.6 is 0 Å². The average molecular weight is 282 g/mol. The van der Waals surface area contributed by atoms with E-state index in [4.69, 9.17) is 10.8 Å². The van der Waals surface area contributed by atoms with Gasteiger partial charge in [-0.1, -0.05) is 0 Å². The molecule has 3 atom stereocenters. The van der Waals surface area contributed by atoms with Crippen LogP contribution in [0, 0.1) is 5.92 Å². The van der Waals surface area contributed by atoms with Crippen LogP contribution in [0.25, 0.3) is 0 Å². The number of rotatable bonds is 6. The van der Waals surface area contributed by atoms with Crippen molar-refractivity contribution in [3.05, 3.63) is 0 Å². The van der Waals surface area contributed by atoms with Gasteiger partial charge in [0.05, 0.1) is 0 Å². The standard InChI is InChI=1S/C15H26N2O3/c1-10(16)3-2-4-14(18)17-12-5-6-13(17)8-11(7-12)9-15(19)20/h10-13H,2-9,16H2,1H3,(H,19,20). The highest BCUT2D eigenvalue weighted by atomic mass is 16.4. The molecule has 3 unspecified atom stereocenters. The van der Waals surface area contributed by atoms with Crippen LogP contribution in [0.5, 0.6) is 0 Å². The van der Waals surface area contributed by atoms with E-state index in [1.165, 1.54) is 0 Å². The van der Waals surface area contributed by atoms with Crippen LogP contribution in [0.15, 0.2) is 0 Å². The molecule has 20 heavy (non-hydrogen) atoms. The van der Waals surface area contributed by atoms with Gasteiger partial charge in [-0.05, 0) is 51.4 Å². The molecule has 0 aliphatic carbocycles. The Hall–Kier alpha value is -1.10. The zero-order valence-electron chi connectivity index (χ0n) is 12.3. The van der Waals surface area contributed by atoms with Gasteiger partial charge in [0.15, 0.2) is 0 Å². The average Bonchev–Trinajstić information content (AvgIpc) is 2.60. The summed E-state index contributed by atoms with van der Waals surface area (Å²) in [4.78, 5) is 25.2. The number of carboxylic acid groups (broad SMARTS) is 1. The predicted octanol–water partition coefficient (Wildman–Crippen LogP) is 1.75. The van der Waals surface area contributed by atoms with Crippen molar-refractivity contribution in [2.45, 2.75) is 76.4 Å². The van der Waals surface area contributed by atoms with E-state index in [2.05, 4.69) is 4.90 Å². The molecule has 2 saturated heterocycles. The van der Waals surface area contributed by atoms with E-state index in [0.717, 1.165) is 38.5 Å². The molecule has 5 nitrogen and oxygen atoms in total. The molecule has 0 saturated carbocycles. The third kappa shape index (κ3) is 3.72. The third-order valence-corrected chi connectivity index (χ3v) is 4.63. The molecule has 2 bridgehead atoms. The van der Waals surface area contributed by atoms with Gasteiger partial charge < -0.3 is 15.7 Å². The molecule has 0 aromatic rings. The molecule has 2 aliphatic rings. The summed E-state index contributed by atoms with van der Waals surface area (Å²) in [6.45, 7) is 1.96. The molecule has 2 heterocycles. The van der Waals surface area contributed by atoms with Crippen LogP contribution in [0.2, 0.25) is 0 Å². The highest BCUT2D eigenvalue weighted by Gasteiger charge is 2.43. The number of carbonyl (C=O) groups is 2. The molecule has 2 rings (SSSR count). The first-order chi connectivity index (χ1) is 9.47. The first kappa shape index (κ1) is 15.3. The Balaban J connectivity index is 1.85. The van der Waals surface area contributed by atoms with Crippen molar-refractivity contribution < 1.29 is 14.7 Å². The Labute approximate surface area is 120 Å². The van der Waals surface area contributed by atoms with Crippen LogP contribution in [0.4, 0.5) is 0 Å². The number of aliphatic carboxylic acids is 1. The summed E-state index contributed by atoms with van der Waals surface area (Å²) in [7, 11) is 0. The molecule has 5 heteroatoms. The first-order valence-corrected chi connectivity index (χ1v) is 7.76. The van der Waals surface area contributed by atoms with Crippen LogP contribution in [-0.2, 0) is 9.59 Å². The van der Waals surface area contributed by atoms with E-state index in [1.807, 2.05) is 6.92 Å². The Kier molecular flexibility index (Phi) is 5.02. The van der Waals surface area contributed by atoms with Gasteiger partial charge in [0.25, 0.3) is 0 Å². The lowest BCUT2D eigenvalue weighted by atomic mass is 9.88. The minimum Gasteiger partial charge on any atom is -0.481 e. The summed E-state index contributed by atoms with van der Waals surface area (Å²) < 4.78 is 0. The molecule has 2 aliphatic heterocycles. The number of hydrogen-bond donors (Lipinski definition) is 2. The molecule has 0 aromatic carbocycles. The van der Waals surface area contributed by atoms with Crippen molar-refractivity contribution in [1.29, 1.82) is 0 Å². The summed E-state index contributed by atoms with van der Waals surface area (Å²) in [5.41, 5.74) is 5.71. The summed E-state index contributed by atoms with van der Waals surface area (Å²) in [6, 6.07) is 0.711. The maximum Gasteiger partial charge on any atom is 0.303 e. The van der Waals surface area contributed by atoms with Crippen molar-refractivity contribution in [2.75, 3.05) is 0 Å². The molecular weight excluding hydrogens is 256 g/mol. The van der Waals surface area contributed by atoms with Gasteiger partial charge in [0.2, 0.25) is 5.91 Å². The molecule has 0 spiro atoms. The number of nitrogens with zero attached hydrogens (tertiary/aromatic N) is 1. The molecule has 0 radical (unpaired) electrons. The number of carbonyl (C=O) groups excluding carboxylic acids is 1. The monoisotopic (exact) mass is 282 g/mol. The third-order valence-electron chi connectivity index (χ3n) is 4.63. The number of nitrogens with two attached hydrogens (primary N) is 1. The van der Waals surface area contributed by atoms with Crippen molar-refractivity contribution in [3.63, 3.8) is 0 Å². The lowest BCUT2D eigenvalue weighted by Crippen LogP contribution is -2.46. The SMILES string of the molecule is CC(N)CCCC(=O)N1C2CCC1CC(CC(=O)O)C2. The lowest BCUT2D eigenvalue weighted by molar-refractivity contribution is -0.140. The number of carboxylic acids is 1. The number of piperidine rings is 1. The maximum absolute atomic E-state index is 12.3. The predicted molar refractivity (Wildman–Crippen MR) is 76.1 cm³/mol. The minimum atomic E-state index is -0.717. The smallest absolute Gasteiger partial charge is 0.303 e. The van der Waals surface area contributed by atoms with Crippen LogP contribution in [0.1, 0.15) is 58.3 Å². The van der Waals surface area contributed by atoms with E-state index >= 15 is 0 Å². The highest BCUT2D eigenvalue weighted by Crippen LogP contribution is 2.40. The minimum absolute atomic E-state index is 0.154. The Bertz CT molecular complexity index is 356. The summed E-state index contributed by atoms with van der Waals surface area (Å²) >= 11 is 0. The molecule has 114 valence electrons. The molecule has 0 aromatic heterocycles. The molecular formula is C15H26N2O3. The van der Waals surface area contributed by atoms with Gasteiger partial charge in [0.1, 0.15) is 0 Å². The Morgan fingerprint density at radius 1 is 1.30 bits per heavy atom. The van der Waals surface area contributed by atoms with Gasteiger partial charge in [-0.15, -0.1) is 0 Å². The van der Waals surface area contributed by atoms with E-state index in [9.17, 15) is 9.59 Å². The van der Waals surface area contributed by atoms with Crippen molar-refractivity contribution in [1.82, 2.24) is 4.90 Å². The summed E-state index contributed by atoms with van der Waals surface area (Å²) in [5, 5.41) is 8.91. The maximum atomic E-state index is 12.3. The van der Waals surface area contributed by atoms with Gasteiger partial charge in [-0.25, -0.2) is 0 Å². The highest BCUT2D eigenvalue weighted by molar-refractivity contribution is 5.77. The van der Waals surface area contributed by atoms with Crippen LogP contribution in [0.3, 0.4) is 0 Å². The second-order valence-electron chi connectivity index (χ2n) is 6.49. The second-order valence-corrected chi connectivity index (χ2v) is 6.49. The molecule has 1 amide bonds.